The molecule has 0 saturated carbocycles. The summed E-state index contributed by atoms with van der Waals surface area (Å²) in [4.78, 5) is 42.3. The third kappa shape index (κ3) is 4.60. The second kappa shape index (κ2) is 9.96. The van der Waals surface area contributed by atoms with E-state index in [2.05, 4.69) is 4.90 Å². The SMILES string of the molecule is CCn1c(=O)c(C(=O)C[NH+]2CCN(c3ccccc3O)CC2)c(N)n(Cc2ccccc2)c1=O. The number of hydrogen-bond donors (Lipinski definition) is 3. The quantitative estimate of drug-likeness (QED) is 0.423. The Labute approximate surface area is 197 Å². The maximum atomic E-state index is 13.3. The number of rotatable bonds is 7. The number of carbonyl (C=O) groups is 1. The standard InChI is InChI=1S/C25H29N5O4/c1-2-29-24(33)22(23(26)30(25(29)34)16-18-8-4-3-5-9-18)21(32)17-27-12-14-28(15-13-27)19-10-6-7-11-20(19)31/h3-11,31H,2,12-17,26H2,1H3/p+1. The van der Waals surface area contributed by atoms with E-state index in [0.29, 0.717) is 26.2 Å². The molecule has 0 aliphatic carbocycles. The molecule has 178 valence electrons. The van der Waals surface area contributed by atoms with E-state index in [0.717, 1.165) is 20.7 Å². The van der Waals surface area contributed by atoms with Crippen molar-refractivity contribution < 1.29 is 14.8 Å². The van der Waals surface area contributed by atoms with Gasteiger partial charge in [0.05, 0.1) is 38.4 Å². The number of Topliss-reactive ketones (excluding diaryl/α,β-unsaturated/α-hetero) is 1. The molecule has 1 saturated heterocycles. The summed E-state index contributed by atoms with van der Waals surface area (Å²) in [5.74, 6) is -0.214. The molecule has 9 nitrogen and oxygen atoms in total. The summed E-state index contributed by atoms with van der Waals surface area (Å²) in [5, 5.41) is 10.1. The number of anilines is 2. The molecule has 0 atom stereocenters. The summed E-state index contributed by atoms with van der Waals surface area (Å²) in [6.45, 7) is 4.82. The number of nitrogens with one attached hydrogen (secondary N) is 1. The van der Waals surface area contributed by atoms with E-state index >= 15 is 0 Å². The fourth-order valence-electron chi connectivity index (χ4n) is 4.46. The number of ketones is 1. The summed E-state index contributed by atoms with van der Waals surface area (Å²) in [6, 6.07) is 16.5. The van der Waals surface area contributed by atoms with E-state index in [4.69, 9.17) is 5.73 Å². The van der Waals surface area contributed by atoms with Gasteiger partial charge in [0.15, 0.2) is 0 Å². The zero-order chi connectivity index (χ0) is 24.2. The van der Waals surface area contributed by atoms with Crippen LogP contribution in [0, 0.1) is 0 Å². The Kier molecular flexibility index (Phi) is 6.83. The molecule has 0 bridgehead atoms. The first-order valence-corrected chi connectivity index (χ1v) is 11.5. The molecule has 0 spiro atoms. The highest BCUT2D eigenvalue weighted by molar-refractivity contribution is 6.00. The topological polar surface area (TPSA) is 115 Å². The van der Waals surface area contributed by atoms with Crippen LogP contribution < -0.4 is 26.8 Å². The Morgan fingerprint density at radius 1 is 1.00 bits per heavy atom. The molecule has 3 aromatic rings. The fourth-order valence-corrected chi connectivity index (χ4v) is 4.46. The number of nitrogens with two attached hydrogens (primary N) is 1. The summed E-state index contributed by atoms with van der Waals surface area (Å²) >= 11 is 0. The van der Waals surface area contributed by atoms with Crippen LogP contribution in [0.25, 0.3) is 0 Å². The molecule has 2 heterocycles. The Balaban J connectivity index is 1.55. The number of quaternary nitrogens is 1. The number of aromatic nitrogens is 2. The molecular formula is C25H30N5O4+. The molecule has 4 N–H and O–H groups in total. The Hall–Kier alpha value is -3.85. The van der Waals surface area contributed by atoms with Crippen molar-refractivity contribution in [3.63, 3.8) is 0 Å². The average Bonchev–Trinajstić information content (AvgIpc) is 2.84. The van der Waals surface area contributed by atoms with Gasteiger partial charge in [-0.05, 0) is 24.6 Å². The molecule has 1 aliphatic heterocycles. The number of piperazine rings is 1. The minimum atomic E-state index is -0.633. The van der Waals surface area contributed by atoms with Gasteiger partial charge in [-0.2, -0.15) is 0 Å². The van der Waals surface area contributed by atoms with Gasteiger partial charge in [-0.1, -0.05) is 42.5 Å². The van der Waals surface area contributed by atoms with Crippen LogP contribution in [0.3, 0.4) is 0 Å². The van der Waals surface area contributed by atoms with Gasteiger partial charge in [0.25, 0.3) is 5.56 Å². The lowest BCUT2D eigenvalue weighted by atomic mass is 10.1. The van der Waals surface area contributed by atoms with Crippen molar-refractivity contribution >= 4 is 17.3 Å². The summed E-state index contributed by atoms with van der Waals surface area (Å²) in [7, 11) is 0. The lowest BCUT2D eigenvalue weighted by molar-refractivity contribution is -0.892. The first kappa shape index (κ1) is 23.3. The molecule has 1 aromatic heterocycles. The maximum Gasteiger partial charge on any atom is 0.332 e. The van der Waals surface area contributed by atoms with Crippen molar-refractivity contribution in [1.82, 2.24) is 9.13 Å². The zero-order valence-electron chi connectivity index (χ0n) is 19.2. The summed E-state index contributed by atoms with van der Waals surface area (Å²) in [5.41, 5.74) is 6.61. The number of hydrogen-bond acceptors (Lipinski definition) is 6. The maximum absolute atomic E-state index is 13.3. The number of carbonyl (C=O) groups excluding carboxylic acids is 1. The number of aromatic hydroxyl groups is 1. The van der Waals surface area contributed by atoms with Crippen LogP contribution in [0.1, 0.15) is 22.8 Å². The molecule has 34 heavy (non-hydrogen) atoms. The lowest BCUT2D eigenvalue weighted by Crippen LogP contribution is -3.15. The predicted molar refractivity (Wildman–Crippen MR) is 131 cm³/mol. The number of para-hydroxylation sites is 2. The van der Waals surface area contributed by atoms with Gasteiger partial charge in [0, 0.05) is 6.54 Å². The molecule has 0 unspecified atom stereocenters. The van der Waals surface area contributed by atoms with Gasteiger partial charge in [-0.15, -0.1) is 0 Å². The Morgan fingerprint density at radius 2 is 1.65 bits per heavy atom. The van der Waals surface area contributed by atoms with Gasteiger partial charge < -0.3 is 20.6 Å². The molecule has 1 aliphatic rings. The molecular weight excluding hydrogens is 434 g/mol. The number of phenols is 1. The van der Waals surface area contributed by atoms with E-state index in [1.807, 2.05) is 42.5 Å². The third-order valence-corrected chi connectivity index (χ3v) is 6.35. The van der Waals surface area contributed by atoms with E-state index in [1.165, 1.54) is 4.57 Å². The first-order chi connectivity index (χ1) is 16.4. The largest absolute Gasteiger partial charge is 0.506 e. The van der Waals surface area contributed by atoms with Crippen LogP contribution >= 0.6 is 0 Å². The van der Waals surface area contributed by atoms with Crippen molar-refractivity contribution in [2.45, 2.75) is 20.0 Å². The van der Waals surface area contributed by atoms with Crippen molar-refractivity contribution in [1.29, 1.82) is 0 Å². The minimum absolute atomic E-state index is 0.0826. The average molecular weight is 465 g/mol. The second-order valence-corrected chi connectivity index (χ2v) is 8.49. The Morgan fingerprint density at radius 3 is 2.29 bits per heavy atom. The highest BCUT2D eigenvalue weighted by Crippen LogP contribution is 2.26. The molecule has 0 amide bonds. The van der Waals surface area contributed by atoms with Gasteiger partial charge in [0.2, 0.25) is 5.78 Å². The van der Waals surface area contributed by atoms with Crippen molar-refractivity contribution in [3.8, 4) is 5.75 Å². The van der Waals surface area contributed by atoms with Crippen molar-refractivity contribution in [2.75, 3.05) is 43.4 Å². The van der Waals surface area contributed by atoms with E-state index in [9.17, 15) is 19.5 Å². The van der Waals surface area contributed by atoms with E-state index in [-0.39, 0.29) is 42.5 Å². The number of nitrogens with zero attached hydrogens (tertiary/aromatic N) is 3. The lowest BCUT2D eigenvalue weighted by Gasteiger charge is -2.33. The van der Waals surface area contributed by atoms with Crippen LogP contribution in [-0.4, -0.2) is 52.7 Å². The Bertz CT molecular complexity index is 1290. The predicted octanol–water partition coefficient (Wildman–Crippen LogP) is -0.0462. The molecule has 1 fully saturated rings. The zero-order valence-corrected chi connectivity index (χ0v) is 19.2. The monoisotopic (exact) mass is 464 g/mol. The fraction of sp³-hybridized carbons (Fsp3) is 0.320. The number of benzene rings is 2. The van der Waals surface area contributed by atoms with Crippen molar-refractivity contribution in [3.05, 3.63) is 86.6 Å². The highest BCUT2D eigenvalue weighted by Gasteiger charge is 2.28. The first-order valence-electron chi connectivity index (χ1n) is 11.5. The molecule has 9 heteroatoms. The normalized spacial score (nSPS) is 14.3. The number of nitrogen functional groups attached to an aromatic ring is 1. The summed E-state index contributed by atoms with van der Waals surface area (Å²) in [6.07, 6.45) is 0. The van der Waals surface area contributed by atoms with E-state index in [1.54, 1.807) is 19.1 Å². The van der Waals surface area contributed by atoms with Crippen LogP contribution in [0.15, 0.2) is 64.2 Å². The van der Waals surface area contributed by atoms with E-state index < -0.39 is 11.2 Å². The van der Waals surface area contributed by atoms with Gasteiger partial charge in [-0.3, -0.25) is 18.7 Å². The van der Waals surface area contributed by atoms with Gasteiger partial charge >= 0.3 is 5.69 Å². The molecule has 4 rings (SSSR count). The van der Waals surface area contributed by atoms with Crippen LogP contribution in [0.4, 0.5) is 11.5 Å². The highest BCUT2D eigenvalue weighted by atomic mass is 16.3. The third-order valence-electron chi connectivity index (χ3n) is 6.35. The molecule has 0 radical (unpaired) electrons. The number of phenolic OH excluding ortho intramolecular Hbond substituents is 1. The van der Waals surface area contributed by atoms with Gasteiger partial charge in [-0.25, -0.2) is 4.79 Å². The smallest absolute Gasteiger partial charge is 0.332 e. The van der Waals surface area contributed by atoms with Gasteiger partial charge in [0.1, 0.15) is 23.7 Å². The minimum Gasteiger partial charge on any atom is -0.506 e. The van der Waals surface area contributed by atoms with Crippen LogP contribution in [-0.2, 0) is 13.1 Å². The van der Waals surface area contributed by atoms with Crippen molar-refractivity contribution in [2.24, 2.45) is 0 Å². The van der Waals surface area contributed by atoms with Crippen LogP contribution in [0.5, 0.6) is 5.75 Å². The second-order valence-electron chi connectivity index (χ2n) is 8.49. The summed E-state index contributed by atoms with van der Waals surface area (Å²) < 4.78 is 2.37. The molecule has 2 aromatic carbocycles. The van der Waals surface area contributed by atoms with Crippen LogP contribution in [0.2, 0.25) is 0 Å².